The van der Waals surface area contributed by atoms with Gasteiger partial charge >= 0.3 is 0 Å². The molecule has 1 aromatic rings. The van der Waals surface area contributed by atoms with Crippen LogP contribution >= 0.6 is 0 Å². The first-order valence-electron chi connectivity index (χ1n) is 7.92. The van der Waals surface area contributed by atoms with E-state index in [1.165, 1.54) is 0 Å². The van der Waals surface area contributed by atoms with Crippen molar-refractivity contribution in [3.63, 3.8) is 0 Å². The molecule has 0 unspecified atom stereocenters. The van der Waals surface area contributed by atoms with Crippen molar-refractivity contribution < 1.29 is 13.2 Å². The van der Waals surface area contributed by atoms with Gasteiger partial charge in [0.05, 0.1) is 11.4 Å². The third-order valence-electron chi connectivity index (χ3n) is 4.39. The van der Waals surface area contributed by atoms with Crippen molar-refractivity contribution in [3.05, 3.63) is 29.8 Å². The molecule has 6 nitrogen and oxygen atoms in total. The zero-order valence-corrected chi connectivity index (χ0v) is 14.0. The van der Waals surface area contributed by atoms with Crippen LogP contribution in [0.15, 0.2) is 34.2 Å². The first-order valence-corrected chi connectivity index (χ1v) is 9.40. The molecule has 0 radical (unpaired) electrons. The van der Waals surface area contributed by atoms with E-state index in [0.717, 1.165) is 25.9 Å². The molecule has 7 heteroatoms. The molecule has 0 aromatic heterocycles. The summed E-state index contributed by atoms with van der Waals surface area (Å²) in [5.74, 6) is 1.11. The third kappa shape index (κ3) is 3.39. The number of hydrogen-bond donors (Lipinski definition) is 1. The normalized spacial score (nSPS) is 22.0. The molecule has 23 heavy (non-hydrogen) atoms. The number of carbonyl (C=O) groups is 1. The molecule has 0 atom stereocenters. The molecule has 1 N–H and O–H groups in total. The van der Waals surface area contributed by atoms with Crippen molar-refractivity contribution in [1.82, 2.24) is 9.62 Å². The maximum absolute atomic E-state index is 12.2. The minimum Gasteiger partial charge on any atom is -0.343 e. The summed E-state index contributed by atoms with van der Waals surface area (Å²) in [5, 5.41) is 0. The highest BCUT2D eigenvalue weighted by molar-refractivity contribution is 7.90. The topological polar surface area (TPSA) is 78.8 Å². The highest BCUT2D eigenvalue weighted by Gasteiger charge is 2.30. The van der Waals surface area contributed by atoms with Gasteiger partial charge < -0.3 is 4.90 Å². The number of amides is 1. The summed E-state index contributed by atoms with van der Waals surface area (Å²) in [5.41, 5.74) is 0.576. The van der Waals surface area contributed by atoms with Gasteiger partial charge in [-0.2, -0.15) is 0 Å². The third-order valence-corrected chi connectivity index (χ3v) is 5.79. The van der Waals surface area contributed by atoms with Crippen LogP contribution in [0.3, 0.4) is 0 Å². The van der Waals surface area contributed by atoms with E-state index in [1.807, 2.05) is 4.90 Å². The number of nitrogens with one attached hydrogen (secondary N) is 1. The van der Waals surface area contributed by atoms with E-state index in [2.05, 4.69) is 16.6 Å². The average molecular weight is 335 g/mol. The van der Waals surface area contributed by atoms with E-state index in [0.29, 0.717) is 23.7 Å². The molecule has 0 spiro atoms. The number of fused-ring (bicyclic) bond motifs is 1. The van der Waals surface area contributed by atoms with E-state index in [4.69, 9.17) is 0 Å². The fourth-order valence-electron chi connectivity index (χ4n) is 2.93. The lowest BCUT2D eigenvalue weighted by atomic mass is 9.99. The van der Waals surface area contributed by atoms with Gasteiger partial charge in [0.2, 0.25) is 5.91 Å². The lowest BCUT2D eigenvalue weighted by Gasteiger charge is -2.30. The lowest BCUT2D eigenvalue weighted by Crippen LogP contribution is -2.38. The molecule has 1 amide bonds. The van der Waals surface area contributed by atoms with Crippen molar-refractivity contribution in [2.45, 2.75) is 31.1 Å². The zero-order valence-electron chi connectivity index (χ0n) is 13.2. The molecule has 2 heterocycles. The number of nitrogens with zero attached hydrogens (tertiary/aromatic N) is 2. The Kier molecular flexibility index (Phi) is 4.39. The Labute approximate surface area is 136 Å². The van der Waals surface area contributed by atoms with Gasteiger partial charge in [-0.1, -0.05) is 19.1 Å². The predicted molar refractivity (Wildman–Crippen MR) is 87.8 cm³/mol. The minimum absolute atomic E-state index is 0.0930. The number of aliphatic imine (C=N–C) groups is 1. The summed E-state index contributed by atoms with van der Waals surface area (Å²) >= 11 is 0. The van der Waals surface area contributed by atoms with E-state index in [9.17, 15) is 13.2 Å². The lowest BCUT2D eigenvalue weighted by molar-refractivity contribution is -0.132. The second-order valence-corrected chi connectivity index (χ2v) is 7.80. The van der Waals surface area contributed by atoms with E-state index >= 15 is 0 Å². The van der Waals surface area contributed by atoms with Gasteiger partial charge in [0.1, 0.15) is 5.84 Å². The van der Waals surface area contributed by atoms with Gasteiger partial charge in [-0.15, -0.1) is 0 Å². The second-order valence-electron chi connectivity index (χ2n) is 6.15. The van der Waals surface area contributed by atoms with Crippen LogP contribution in [0.4, 0.5) is 0 Å². The fraction of sp³-hybridized carbons (Fsp3) is 0.500. The van der Waals surface area contributed by atoms with Crippen molar-refractivity contribution in [2.24, 2.45) is 10.9 Å². The molecule has 0 aliphatic carbocycles. The largest absolute Gasteiger partial charge is 0.343 e. The smallest absolute Gasteiger partial charge is 0.263 e. The fourth-order valence-corrected chi connectivity index (χ4v) is 4.18. The number of benzene rings is 1. The molecule has 1 aromatic carbocycles. The summed E-state index contributed by atoms with van der Waals surface area (Å²) in [6.07, 6.45) is 2.41. The van der Waals surface area contributed by atoms with Crippen LogP contribution in [0.25, 0.3) is 0 Å². The van der Waals surface area contributed by atoms with Crippen molar-refractivity contribution in [2.75, 3.05) is 19.6 Å². The molecule has 3 rings (SSSR count). The van der Waals surface area contributed by atoms with Crippen molar-refractivity contribution >= 4 is 21.8 Å². The van der Waals surface area contributed by atoms with Crippen molar-refractivity contribution in [1.29, 1.82) is 0 Å². The first-order chi connectivity index (χ1) is 11.0. The number of amidine groups is 1. The molecule has 1 saturated heterocycles. The van der Waals surface area contributed by atoms with Gasteiger partial charge in [-0.25, -0.2) is 8.42 Å². The summed E-state index contributed by atoms with van der Waals surface area (Å²) in [6.45, 7) is 4.12. The highest BCUT2D eigenvalue weighted by atomic mass is 32.2. The van der Waals surface area contributed by atoms with Crippen LogP contribution in [0, 0.1) is 5.92 Å². The van der Waals surface area contributed by atoms with E-state index in [1.54, 1.807) is 24.3 Å². The van der Waals surface area contributed by atoms with Gasteiger partial charge in [0.15, 0.2) is 0 Å². The van der Waals surface area contributed by atoms with Gasteiger partial charge in [-0.3, -0.25) is 14.5 Å². The maximum atomic E-state index is 12.2. The quantitative estimate of drug-likeness (QED) is 0.906. The van der Waals surface area contributed by atoms with E-state index in [-0.39, 0.29) is 17.3 Å². The van der Waals surface area contributed by atoms with Gasteiger partial charge in [0.25, 0.3) is 10.0 Å². The summed E-state index contributed by atoms with van der Waals surface area (Å²) in [7, 11) is -3.51. The Morgan fingerprint density at radius 1 is 1.30 bits per heavy atom. The number of likely N-dealkylation sites (tertiary alicyclic amines) is 1. The summed E-state index contributed by atoms with van der Waals surface area (Å²) in [6, 6.07) is 6.73. The number of hydrogen-bond acceptors (Lipinski definition) is 4. The molecular formula is C16H21N3O3S. The number of rotatable bonds is 3. The number of sulfonamides is 1. The van der Waals surface area contributed by atoms with Crippen LogP contribution in [-0.2, 0) is 14.8 Å². The van der Waals surface area contributed by atoms with Crippen LogP contribution in [0.5, 0.6) is 0 Å². The van der Waals surface area contributed by atoms with E-state index < -0.39 is 10.0 Å². The average Bonchev–Trinajstić information content (AvgIpc) is 2.79. The standard InChI is InChI=1S/C16H21N3O3S/c1-12-7-10-19(11-8-12)15(20)6-9-17-16-13-4-2-3-5-14(13)23(21,22)18-16/h2-5,12H,6-11H2,1H3,(H,17,18). The molecule has 2 aliphatic rings. The minimum atomic E-state index is -3.51. The molecule has 2 aliphatic heterocycles. The monoisotopic (exact) mass is 335 g/mol. The van der Waals surface area contributed by atoms with Crippen LogP contribution < -0.4 is 4.72 Å². The Balaban J connectivity index is 1.62. The molecule has 0 bridgehead atoms. The molecule has 1 fully saturated rings. The Morgan fingerprint density at radius 3 is 2.74 bits per heavy atom. The first kappa shape index (κ1) is 16.0. The van der Waals surface area contributed by atoms with Crippen molar-refractivity contribution in [3.8, 4) is 0 Å². The number of piperidine rings is 1. The number of carbonyl (C=O) groups excluding carboxylic acids is 1. The van der Waals surface area contributed by atoms with Gasteiger partial charge in [-0.05, 0) is 30.9 Å². The highest BCUT2D eigenvalue weighted by Crippen LogP contribution is 2.22. The molecule has 0 saturated carbocycles. The maximum Gasteiger partial charge on any atom is 0.263 e. The predicted octanol–water partition coefficient (Wildman–Crippen LogP) is 1.37. The summed E-state index contributed by atoms with van der Waals surface area (Å²) in [4.78, 5) is 18.6. The summed E-state index contributed by atoms with van der Waals surface area (Å²) < 4.78 is 26.4. The van der Waals surface area contributed by atoms with Crippen LogP contribution in [0.2, 0.25) is 0 Å². The Bertz CT molecular complexity index is 735. The molecular weight excluding hydrogens is 314 g/mol. The van der Waals surface area contributed by atoms with Crippen LogP contribution in [0.1, 0.15) is 31.7 Å². The van der Waals surface area contributed by atoms with Gasteiger partial charge in [0, 0.05) is 25.1 Å². The zero-order chi connectivity index (χ0) is 16.4. The molecule has 124 valence electrons. The SMILES string of the molecule is CC1CCN(C(=O)CCN=C2NS(=O)(=O)c3ccccc32)CC1. The van der Waals surface area contributed by atoms with Crippen LogP contribution in [-0.4, -0.2) is 44.7 Å². The second kappa shape index (κ2) is 6.31. The Hall–Kier alpha value is -1.89. The Morgan fingerprint density at radius 2 is 2.00 bits per heavy atom.